The number of rotatable bonds is 9. The highest BCUT2D eigenvalue weighted by Crippen LogP contribution is 2.29. The van der Waals surface area contributed by atoms with E-state index in [0.29, 0.717) is 35.8 Å². The van der Waals surface area contributed by atoms with Crippen LogP contribution in [-0.2, 0) is 0 Å². The van der Waals surface area contributed by atoms with Gasteiger partial charge in [0.2, 0.25) is 0 Å². The molecule has 1 amide bonds. The first kappa shape index (κ1) is 20.2. The highest BCUT2D eigenvalue weighted by Gasteiger charge is 2.16. The number of hydrogen-bond donors (Lipinski definition) is 1. The zero-order chi connectivity index (χ0) is 19.8. The molecular weight excluding hydrogens is 348 g/mol. The molecule has 0 saturated carbocycles. The van der Waals surface area contributed by atoms with Crippen LogP contribution in [0.4, 0.5) is 5.69 Å². The van der Waals surface area contributed by atoms with Crippen LogP contribution in [-0.4, -0.2) is 24.0 Å². The van der Waals surface area contributed by atoms with Gasteiger partial charge in [-0.3, -0.25) is 14.9 Å². The number of non-ortho nitro benzene ring substituents is 1. The van der Waals surface area contributed by atoms with Gasteiger partial charge in [-0.2, -0.15) is 0 Å². The van der Waals surface area contributed by atoms with E-state index in [1.54, 1.807) is 37.3 Å². The fourth-order valence-corrected chi connectivity index (χ4v) is 2.52. The average molecular weight is 372 g/mol. The molecule has 7 heteroatoms. The lowest BCUT2D eigenvalue weighted by Crippen LogP contribution is -2.26. The number of nitrogens with one attached hydrogen (secondary N) is 1. The van der Waals surface area contributed by atoms with Crippen molar-refractivity contribution in [2.75, 3.05) is 13.2 Å². The highest BCUT2D eigenvalue weighted by molar-refractivity contribution is 5.95. The second-order valence-corrected chi connectivity index (χ2v) is 5.99. The zero-order valence-corrected chi connectivity index (χ0v) is 15.7. The van der Waals surface area contributed by atoms with Crippen LogP contribution in [0.1, 0.15) is 49.2 Å². The van der Waals surface area contributed by atoms with E-state index in [1.807, 2.05) is 13.8 Å². The second-order valence-electron chi connectivity index (χ2n) is 5.99. The first-order chi connectivity index (χ1) is 13.0. The van der Waals surface area contributed by atoms with Gasteiger partial charge in [0.05, 0.1) is 24.2 Å². The molecule has 2 aromatic carbocycles. The van der Waals surface area contributed by atoms with Crippen LogP contribution in [0.25, 0.3) is 0 Å². The molecule has 2 rings (SSSR count). The fraction of sp³-hybridized carbons (Fsp3) is 0.350. The number of ether oxygens (including phenoxy) is 2. The van der Waals surface area contributed by atoms with Gasteiger partial charge in [-0.15, -0.1) is 0 Å². The molecule has 0 fully saturated rings. The molecule has 0 aliphatic heterocycles. The largest absolute Gasteiger partial charge is 0.490 e. The summed E-state index contributed by atoms with van der Waals surface area (Å²) in [5, 5.41) is 13.8. The summed E-state index contributed by atoms with van der Waals surface area (Å²) in [5.74, 6) is 0.820. The van der Waals surface area contributed by atoms with Crippen LogP contribution < -0.4 is 14.8 Å². The van der Waals surface area contributed by atoms with Gasteiger partial charge in [0.25, 0.3) is 11.6 Å². The minimum Gasteiger partial charge on any atom is -0.490 e. The Morgan fingerprint density at radius 2 is 1.93 bits per heavy atom. The molecule has 0 heterocycles. The Kier molecular flexibility index (Phi) is 7.16. The normalized spacial score (nSPS) is 11.5. The number of benzene rings is 2. The molecule has 1 unspecified atom stereocenters. The number of amides is 1. The topological polar surface area (TPSA) is 90.7 Å². The minimum atomic E-state index is -0.457. The standard InChI is InChI=1S/C20H24N2O5/c1-4-11-27-18-10-9-16(13-19(18)26-5-2)20(23)21-14(3)15-7-6-8-17(12-15)22(24)25/h6-10,12-14H,4-5,11H2,1-3H3,(H,21,23). The number of carbonyl (C=O) groups excluding carboxylic acids is 1. The summed E-state index contributed by atoms with van der Waals surface area (Å²) in [6, 6.07) is 10.9. The summed E-state index contributed by atoms with van der Waals surface area (Å²) in [5.41, 5.74) is 1.08. The Morgan fingerprint density at radius 3 is 2.59 bits per heavy atom. The molecule has 2 aromatic rings. The Bertz CT molecular complexity index is 807. The summed E-state index contributed by atoms with van der Waals surface area (Å²) >= 11 is 0. The maximum atomic E-state index is 12.6. The van der Waals surface area contributed by atoms with Crippen molar-refractivity contribution >= 4 is 11.6 Å². The third-order valence-corrected chi connectivity index (χ3v) is 3.90. The van der Waals surface area contributed by atoms with E-state index in [9.17, 15) is 14.9 Å². The van der Waals surface area contributed by atoms with Gasteiger partial charge in [0, 0.05) is 17.7 Å². The van der Waals surface area contributed by atoms with Crippen LogP contribution in [0.5, 0.6) is 11.5 Å². The Labute approximate surface area is 158 Å². The molecule has 7 nitrogen and oxygen atoms in total. The minimum absolute atomic E-state index is 0.00958. The number of nitrogens with zero attached hydrogens (tertiary/aromatic N) is 1. The van der Waals surface area contributed by atoms with Gasteiger partial charge in [0.1, 0.15) is 0 Å². The third-order valence-electron chi connectivity index (χ3n) is 3.90. The van der Waals surface area contributed by atoms with Crippen molar-refractivity contribution in [3.8, 4) is 11.5 Å². The number of nitro groups is 1. The van der Waals surface area contributed by atoms with Crippen LogP contribution >= 0.6 is 0 Å². The third kappa shape index (κ3) is 5.44. The maximum Gasteiger partial charge on any atom is 0.269 e. The van der Waals surface area contributed by atoms with Gasteiger partial charge in [-0.1, -0.05) is 19.1 Å². The van der Waals surface area contributed by atoms with Crippen molar-refractivity contribution in [2.45, 2.75) is 33.2 Å². The monoisotopic (exact) mass is 372 g/mol. The van der Waals surface area contributed by atoms with E-state index in [2.05, 4.69) is 5.32 Å². The summed E-state index contributed by atoms with van der Waals surface area (Å²) in [7, 11) is 0. The van der Waals surface area contributed by atoms with E-state index >= 15 is 0 Å². The molecule has 0 saturated heterocycles. The van der Waals surface area contributed by atoms with Gasteiger partial charge < -0.3 is 14.8 Å². The van der Waals surface area contributed by atoms with Gasteiger partial charge in [-0.25, -0.2) is 0 Å². The number of hydrogen-bond acceptors (Lipinski definition) is 5. The maximum absolute atomic E-state index is 12.6. The average Bonchev–Trinajstić information content (AvgIpc) is 2.67. The second kappa shape index (κ2) is 9.56. The van der Waals surface area contributed by atoms with Crippen molar-refractivity contribution in [1.29, 1.82) is 0 Å². The lowest BCUT2D eigenvalue weighted by Gasteiger charge is -2.16. The zero-order valence-electron chi connectivity index (χ0n) is 15.7. The SMILES string of the molecule is CCCOc1ccc(C(=O)NC(C)c2cccc([N+](=O)[O-])c2)cc1OCC. The predicted molar refractivity (Wildman–Crippen MR) is 102 cm³/mol. The van der Waals surface area contributed by atoms with E-state index in [-0.39, 0.29) is 17.6 Å². The predicted octanol–water partition coefficient (Wildman–Crippen LogP) is 4.27. The summed E-state index contributed by atoms with van der Waals surface area (Å²) < 4.78 is 11.2. The molecule has 0 spiro atoms. The smallest absolute Gasteiger partial charge is 0.269 e. The highest BCUT2D eigenvalue weighted by atomic mass is 16.6. The first-order valence-electron chi connectivity index (χ1n) is 8.91. The Balaban J connectivity index is 2.15. The molecule has 27 heavy (non-hydrogen) atoms. The molecule has 1 atom stereocenters. The molecule has 0 bridgehead atoms. The lowest BCUT2D eigenvalue weighted by atomic mass is 10.1. The number of carbonyl (C=O) groups is 1. The Hall–Kier alpha value is -3.09. The Morgan fingerprint density at radius 1 is 1.15 bits per heavy atom. The van der Waals surface area contributed by atoms with Crippen molar-refractivity contribution in [2.24, 2.45) is 0 Å². The van der Waals surface area contributed by atoms with Crippen LogP contribution in [0.15, 0.2) is 42.5 Å². The molecule has 0 radical (unpaired) electrons. The van der Waals surface area contributed by atoms with Crippen LogP contribution in [0.2, 0.25) is 0 Å². The van der Waals surface area contributed by atoms with Crippen molar-refractivity contribution in [1.82, 2.24) is 5.32 Å². The van der Waals surface area contributed by atoms with E-state index in [0.717, 1.165) is 6.42 Å². The molecule has 0 aliphatic carbocycles. The molecule has 144 valence electrons. The quantitative estimate of drug-likeness (QED) is 0.524. The molecular formula is C20H24N2O5. The molecule has 0 aliphatic rings. The van der Waals surface area contributed by atoms with Gasteiger partial charge in [-0.05, 0) is 44.0 Å². The summed E-state index contributed by atoms with van der Waals surface area (Å²) in [6.45, 7) is 6.67. The van der Waals surface area contributed by atoms with Crippen molar-refractivity contribution in [3.63, 3.8) is 0 Å². The number of nitro benzene ring substituents is 1. The fourth-order valence-electron chi connectivity index (χ4n) is 2.52. The van der Waals surface area contributed by atoms with Crippen LogP contribution in [0, 0.1) is 10.1 Å². The summed E-state index contributed by atoms with van der Waals surface area (Å²) in [4.78, 5) is 23.0. The van der Waals surface area contributed by atoms with E-state index in [4.69, 9.17) is 9.47 Å². The van der Waals surface area contributed by atoms with E-state index in [1.165, 1.54) is 12.1 Å². The van der Waals surface area contributed by atoms with Gasteiger partial charge >= 0.3 is 0 Å². The first-order valence-corrected chi connectivity index (χ1v) is 8.91. The summed E-state index contributed by atoms with van der Waals surface area (Å²) in [6.07, 6.45) is 0.870. The van der Waals surface area contributed by atoms with Crippen molar-refractivity contribution in [3.05, 3.63) is 63.7 Å². The van der Waals surface area contributed by atoms with Crippen molar-refractivity contribution < 1.29 is 19.2 Å². The van der Waals surface area contributed by atoms with Crippen LogP contribution in [0.3, 0.4) is 0 Å². The molecule has 1 N–H and O–H groups in total. The van der Waals surface area contributed by atoms with E-state index < -0.39 is 4.92 Å². The van der Waals surface area contributed by atoms with Gasteiger partial charge in [0.15, 0.2) is 11.5 Å². The molecule has 0 aromatic heterocycles. The lowest BCUT2D eigenvalue weighted by molar-refractivity contribution is -0.384.